The molecule has 0 saturated heterocycles. The van der Waals surface area contributed by atoms with Crippen LogP contribution in [-0.2, 0) is 12.2 Å². The molecule has 10 heteroatoms. The van der Waals surface area contributed by atoms with Gasteiger partial charge in [0.15, 0.2) is 10.8 Å². The monoisotopic (exact) mass is 516 g/mol. The number of benzene rings is 1. The highest BCUT2D eigenvalue weighted by Crippen LogP contribution is 2.29. The van der Waals surface area contributed by atoms with Crippen molar-refractivity contribution in [3.63, 3.8) is 0 Å². The van der Waals surface area contributed by atoms with Crippen molar-refractivity contribution in [3.05, 3.63) is 84.4 Å². The van der Waals surface area contributed by atoms with Crippen molar-refractivity contribution >= 4 is 34.5 Å². The van der Waals surface area contributed by atoms with E-state index in [9.17, 15) is 9.90 Å². The predicted molar refractivity (Wildman–Crippen MR) is 134 cm³/mol. The van der Waals surface area contributed by atoms with Gasteiger partial charge in [-0.2, -0.15) is 4.98 Å². The maximum absolute atomic E-state index is 13.2. The Labute approximate surface area is 210 Å². The van der Waals surface area contributed by atoms with E-state index in [-0.39, 0.29) is 23.3 Å². The molecule has 4 rings (SSSR count). The van der Waals surface area contributed by atoms with Crippen LogP contribution in [-0.4, -0.2) is 24.6 Å². The number of hydrogen-bond donors (Lipinski definition) is 1. The number of rotatable bonds is 6. The smallest absolute Gasteiger partial charge is 0.280 e. The molecular formula is C24H22Cl2N4O3S. The molecule has 0 atom stereocenters. The normalized spacial score (nSPS) is 11.6. The maximum Gasteiger partial charge on any atom is 0.280 e. The summed E-state index contributed by atoms with van der Waals surface area (Å²) in [5.74, 6) is 0.717. The molecule has 0 fully saturated rings. The topological polar surface area (TPSA) is 90.1 Å². The van der Waals surface area contributed by atoms with Gasteiger partial charge in [-0.3, -0.25) is 9.36 Å². The van der Waals surface area contributed by atoms with E-state index >= 15 is 0 Å². The molecule has 0 amide bonds. The van der Waals surface area contributed by atoms with Crippen molar-refractivity contribution < 1.29 is 9.84 Å². The second-order valence-corrected chi connectivity index (χ2v) is 10.2. The van der Waals surface area contributed by atoms with Crippen molar-refractivity contribution in [1.82, 2.24) is 19.5 Å². The summed E-state index contributed by atoms with van der Waals surface area (Å²) in [6, 6.07) is 8.89. The van der Waals surface area contributed by atoms with Gasteiger partial charge in [0.1, 0.15) is 18.0 Å². The van der Waals surface area contributed by atoms with Gasteiger partial charge in [0.25, 0.3) is 5.56 Å². The van der Waals surface area contributed by atoms with Crippen LogP contribution in [0.2, 0.25) is 10.0 Å². The number of aromatic nitrogens is 4. The van der Waals surface area contributed by atoms with Gasteiger partial charge >= 0.3 is 0 Å². The molecule has 0 bridgehead atoms. The first-order chi connectivity index (χ1) is 16.0. The zero-order chi connectivity index (χ0) is 24.6. The Hall–Kier alpha value is -2.78. The zero-order valence-electron chi connectivity index (χ0n) is 19.0. The highest BCUT2D eigenvalue weighted by molar-refractivity contribution is 7.10. The van der Waals surface area contributed by atoms with Crippen LogP contribution >= 0.6 is 34.5 Å². The fourth-order valence-corrected chi connectivity index (χ4v) is 4.42. The number of ether oxygens (including phenoxy) is 1. The number of thiophene rings is 1. The summed E-state index contributed by atoms with van der Waals surface area (Å²) >= 11 is 14.4. The maximum atomic E-state index is 13.2. The van der Waals surface area contributed by atoms with E-state index in [0.29, 0.717) is 27.8 Å². The number of hydrogen-bond acceptors (Lipinski definition) is 7. The van der Waals surface area contributed by atoms with Crippen LogP contribution in [0.1, 0.15) is 35.9 Å². The Balaban J connectivity index is 1.73. The molecule has 0 saturated carbocycles. The summed E-state index contributed by atoms with van der Waals surface area (Å²) in [6.07, 6.45) is 1.57. The van der Waals surface area contributed by atoms with E-state index in [4.69, 9.17) is 27.9 Å². The lowest BCUT2D eigenvalue weighted by molar-refractivity contribution is 0.0688. The van der Waals surface area contributed by atoms with Gasteiger partial charge in [-0.15, -0.1) is 11.3 Å². The minimum absolute atomic E-state index is 0.0715. The van der Waals surface area contributed by atoms with Crippen molar-refractivity contribution in [3.8, 4) is 22.8 Å². The van der Waals surface area contributed by atoms with Crippen LogP contribution in [0, 0.1) is 13.8 Å². The summed E-state index contributed by atoms with van der Waals surface area (Å²) in [4.78, 5) is 27.4. The standard InChI is InChI=1S/C24H22Cl2N4O3S/c1-13-9-15(12-34-13)11-33-21-20(26)22(31)30(14(2)28-21)19-10-16(5-6-17(19)25)18-7-8-27-23(29-18)24(3,4)32/h5-10,12,32H,11H2,1-4H3. The quantitative estimate of drug-likeness (QED) is 0.364. The van der Waals surface area contributed by atoms with Gasteiger partial charge in [-0.25, -0.2) is 9.97 Å². The van der Waals surface area contributed by atoms with Crippen LogP contribution < -0.4 is 10.3 Å². The predicted octanol–water partition coefficient (Wildman–Crippen LogP) is 5.48. The summed E-state index contributed by atoms with van der Waals surface area (Å²) in [5, 5.41) is 12.4. The minimum Gasteiger partial charge on any atom is -0.472 e. The zero-order valence-corrected chi connectivity index (χ0v) is 21.3. The lowest BCUT2D eigenvalue weighted by atomic mass is 10.1. The second-order valence-electron chi connectivity index (χ2n) is 8.26. The molecule has 1 N–H and O–H groups in total. The molecule has 34 heavy (non-hydrogen) atoms. The van der Waals surface area contributed by atoms with Gasteiger partial charge in [0, 0.05) is 22.2 Å². The Kier molecular flexibility index (Phi) is 6.78. The van der Waals surface area contributed by atoms with E-state index < -0.39 is 11.2 Å². The lowest BCUT2D eigenvalue weighted by Crippen LogP contribution is -2.24. The molecule has 3 heterocycles. The molecule has 0 aliphatic carbocycles. The van der Waals surface area contributed by atoms with Crippen LogP contribution in [0.5, 0.6) is 5.88 Å². The average molecular weight is 517 g/mol. The van der Waals surface area contributed by atoms with Gasteiger partial charge in [0.2, 0.25) is 5.88 Å². The fraction of sp³-hybridized carbons (Fsp3) is 0.250. The largest absolute Gasteiger partial charge is 0.472 e. The van der Waals surface area contributed by atoms with Crippen molar-refractivity contribution in [2.24, 2.45) is 0 Å². The highest BCUT2D eigenvalue weighted by atomic mass is 35.5. The summed E-state index contributed by atoms with van der Waals surface area (Å²) in [6.45, 7) is 7.17. The minimum atomic E-state index is -1.20. The molecule has 3 aromatic heterocycles. The van der Waals surface area contributed by atoms with Crippen molar-refractivity contribution in [2.75, 3.05) is 0 Å². The molecular weight excluding hydrogens is 495 g/mol. The molecule has 4 aromatic rings. The Morgan fingerprint density at radius 2 is 1.91 bits per heavy atom. The first-order valence-corrected chi connectivity index (χ1v) is 12.0. The molecule has 0 radical (unpaired) electrons. The third kappa shape index (κ3) is 5.00. The molecule has 0 spiro atoms. The van der Waals surface area contributed by atoms with Crippen LogP contribution in [0.3, 0.4) is 0 Å². The van der Waals surface area contributed by atoms with Gasteiger partial charge in [-0.1, -0.05) is 29.3 Å². The van der Waals surface area contributed by atoms with Crippen LogP contribution in [0.4, 0.5) is 0 Å². The Morgan fingerprint density at radius 1 is 1.15 bits per heavy atom. The summed E-state index contributed by atoms with van der Waals surface area (Å²) < 4.78 is 7.07. The number of aryl methyl sites for hydroxylation is 2. The molecule has 7 nitrogen and oxygen atoms in total. The highest BCUT2D eigenvalue weighted by Gasteiger charge is 2.21. The van der Waals surface area contributed by atoms with E-state index in [0.717, 1.165) is 10.4 Å². The first kappa shape index (κ1) is 24.3. The van der Waals surface area contributed by atoms with E-state index in [1.54, 1.807) is 62.6 Å². The molecule has 1 aromatic carbocycles. The van der Waals surface area contributed by atoms with E-state index in [1.807, 2.05) is 18.4 Å². The van der Waals surface area contributed by atoms with Gasteiger partial charge < -0.3 is 9.84 Å². The second kappa shape index (κ2) is 9.46. The summed E-state index contributed by atoms with van der Waals surface area (Å²) in [7, 11) is 0. The molecule has 0 aliphatic heterocycles. The molecule has 0 aliphatic rings. The van der Waals surface area contributed by atoms with E-state index in [1.165, 1.54) is 4.57 Å². The average Bonchev–Trinajstić information content (AvgIpc) is 3.21. The van der Waals surface area contributed by atoms with Crippen molar-refractivity contribution in [1.29, 1.82) is 0 Å². The lowest BCUT2D eigenvalue weighted by Gasteiger charge is -2.17. The number of halogens is 2. The van der Waals surface area contributed by atoms with E-state index in [2.05, 4.69) is 15.0 Å². The first-order valence-electron chi connectivity index (χ1n) is 10.4. The van der Waals surface area contributed by atoms with Crippen LogP contribution in [0.15, 0.2) is 46.7 Å². The molecule has 176 valence electrons. The van der Waals surface area contributed by atoms with Crippen molar-refractivity contribution in [2.45, 2.75) is 39.9 Å². The fourth-order valence-electron chi connectivity index (χ4n) is 3.34. The van der Waals surface area contributed by atoms with Gasteiger partial charge in [0.05, 0.1) is 16.4 Å². The SMILES string of the molecule is Cc1cc(COc2nc(C)n(-c3cc(-c4ccnc(C(C)(C)O)n4)ccc3Cl)c(=O)c2Cl)cs1. The number of nitrogens with zero attached hydrogens (tertiary/aromatic N) is 4. The third-order valence-electron chi connectivity index (χ3n) is 5.01. The Bertz CT molecular complexity index is 1430. The third-order valence-corrected chi connectivity index (χ3v) is 6.56. The Morgan fingerprint density at radius 3 is 2.59 bits per heavy atom. The van der Waals surface area contributed by atoms with Gasteiger partial charge in [-0.05, 0) is 57.3 Å². The molecule has 0 unspecified atom stereocenters. The number of aliphatic hydroxyl groups is 1. The van der Waals surface area contributed by atoms with Crippen LogP contribution in [0.25, 0.3) is 16.9 Å². The summed E-state index contributed by atoms with van der Waals surface area (Å²) in [5.41, 5.74) is 0.939.